The van der Waals surface area contributed by atoms with Crippen molar-refractivity contribution in [1.29, 1.82) is 0 Å². The fourth-order valence-electron chi connectivity index (χ4n) is 2.83. The molecule has 0 spiro atoms. The SMILES string of the molecule is C[Si](C)(C)[C]1c2ccccc2-c2ccccc21. The first-order chi connectivity index (χ1) is 8.09. The minimum absolute atomic E-state index is 1.31. The van der Waals surface area contributed by atoms with Crippen LogP contribution in [-0.4, -0.2) is 8.07 Å². The lowest BCUT2D eigenvalue weighted by Gasteiger charge is -2.26. The first-order valence-corrected chi connectivity index (χ1v) is 9.65. The molecule has 0 aromatic heterocycles. The van der Waals surface area contributed by atoms with Crippen LogP contribution in [0.4, 0.5) is 0 Å². The zero-order valence-corrected chi connectivity index (χ0v) is 11.6. The highest BCUT2D eigenvalue weighted by molar-refractivity contribution is 6.83. The summed E-state index contributed by atoms with van der Waals surface area (Å²) >= 11 is 0. The second-order valence-corrected chi connectivity index (χ2v) is 10.7. The Kier molecular flexibility index (Phi) is 2.27. The summed E-state index contributed by atoms with van der Waals surface area (Å²) < 4.78 is 0. The van der Waals surface area contributed by atoms with Gasteiger partial charge in [0, 0.05) is 5.54 Å². The van der Waals surface area contributed by atoms with Gasteiger partial charge in [0.1, 0.15) is 0 Å². The molecule has 2 aromatic carbocycles. The van der Waals surface area contributed by atoms with Crippen molar-refractivity contribution in [2.45, 2.75) is 19.6 Å². The molecule has 0 atom stereocenters. The van der Waals surface area contributed by atoms with Gasteiger partial charge in [0.05, 0.1) is 8.07 Å². The van der Waals surface area contributed by atoms with Gasteiger partial charge in [-0.3, -0.25) is 0 Å². The number of hydrogen-bond donors (Lipinski definition) is 0. The van der Waals surface area contributed by atoms with E-state index in [1.165, 1.54) is 22.3 Å². The van der Waals surface area contributed by atoms with E-state index >= 15 is 0 Å². The van der Waals surface area contributed by atoms with Crippen molar-refractivity contribution in [1.82, 2.24) is 0 Å². The molecule has 0 fully saturated rings. The molecule has 0 heterocycles. The number of rotatable bonds is 1. The molecule has 17 heavy (non-hydrogen) atoms. The molecule has 0 unspecified atom stereocenters. The molecule has 1 heteroatoms. The molecule has 0 amide bonds. The summed E-state index contributed by atoms with van der Waals surface area (Å²) in [6, 6.07) is 17.7. The van der Waals surface area contributed by atoms with E-state index in [9.17, 15) is 0 Å². The quantitative estimate of drug-likeness (QED) is 0.640. The zero-order valence-electron chi connectivity index (χ0n) is 10.6. The highest BCUT2D eigenvalue weighted by atomic mass is 28.3. The minimum atomic E-state index is -1.31. The van der Waals surface area contributed by atoms with Gasteiger partial charge in [-0.15, -0.1) is 0 Å². The maximum Gasteiger partial charge on any atom is 0.0625 e. The van der Waals surface area contributed by atoms with Crippen LogP contribution in [0, 0.1) is 5.54 Å². The Morgan fingerprint density at radius 2 is 0.941 bits per heavy atom. The Balaban J connectivity index is 2.31. The lowest BCUT2D eigenvalue weighted by atomic mass is 10.1. The van der Waals surface area contributed by atoms with E-state index in [4.69, 9.17) is 0 Å². The van der Waals surface area contributed by atoms with E-state index in [-0.39, 0.29) is 0 Å². The van der Waals surface area contributed by atoms with Crippen LogP contribution < -0.4 is 0 Å². The fourth-order valence-corrected chi connectivity index (χ4v) is 4.88. The smallest absolute Gasteiger partial charge is 0.0625 e. The Bertz CT molecular complexity index is 518. The van der Waals surface area contributed by atoms with Crippen LogP contribution in [-0.2, 0) is 0 Å². The predicted molar refractivity (Wildman–Crippen MR) is 76.7 cm³/mol. The van der Waals surface area contributed by atoms with Gasteiger partial charge in [0.15, 0.2) is 0 Å². The molecule has 2 aromatic rings. The van der Waals surface area contributed by atoms with Crippen molar-refractivity contribution in [3.8, 4) is 11.1 Å². The molecule has 1 aliphatic rings. The molecule has 0 bridgehead atoms. The van der Waals surface area contributed by atoms with E-state index in [1.54, 1.807) is 5.54 Å². The van der Waals surface area contributed by atoms with Gasteiger partial charge < -0.3 is 0 Å². The van der Waals surface area contributed by atoms with Crippen molar-refractivity contribution >= 4 is 8.07 Å². The summed E-state index contributed by atoms with van der Waals surface area (Å²) in [6.45, 7) is 7.30. The highest BCUT2D eigenvalue weighted by Crippen LogP contribution is 2.47. The molecule has 0 saturated heterocycles. The van der Waals surface area contributed by atoms with Crippen LogP contribution in [0.3, 0.4) is 0 Å². The van der Waals surface area contributed by atoms with Crippen LogP contribution in [0.1, 0.15) is 11.1 Å². The minimum Gasteiger partial charge on any atom is -0.0685 e. The second kappa shape index (κ2) is 3.57. The number of hydrogen-bond acceptors (Lipinski definition) is 0. The maximum atomic E-state index is 2.43. The predicted octanol–water partition coefficient (Wildman–Crippen LogP) is 4.52. The number of fused-ring (bicyclic) bond motifs is 3. The van der Waals surface area contributed by atoms with Crippen LogP contribution in [0.15, 0.2) is 48.5 Å². The zero-order chi connectivity index (χ0) is 12.0. The van der Waals surface area contributed by atoms with Crippen molar-refractivity contribution in [2.24, 2.45) is 0 Å². The van der Waals surface area contributed by atoms with E-state index in [1.807, 2.05) is 0 Å². The van der Waals surface area contributed by atoms with E-state index in [2.05, 4.69) is 68.2 Å². The van der Waals surface area contributed by atoms with Crippen LogP contribution >= 0.6 is 0 Å². The summed E-state index contributed by atoms with van der Waals surface area (Å²) in [6.07, 6.45) is 0. The molecular weight excluding hydrogens is 220 g/mol. The molecule has 0 saturated carbocycles. The van der Waals surface area contributed by atoms with Crippen LogP contribution in [0.2, 0.25) is 19.6 Å². The molecule has 85 valence electrons. The third-order valence-corrected chi connectivity index (χ3v) is 5.47. The third-order valence-electron chi connectivity index (χ3n) is 3.43. The summed E-state index contributed by atoms with van der Waals surface area (Å²) in [7, 11) is -1.31. The first kappa shape index (κ1) is 10.8. The topological polar surface area (TPSA) is 0 Å². The van der Waals surface area contributed by atoms with Gasteiger partial charge in [0.25, 0.3) is 0 Å². The summed E-state index contributed by atoms with van der Waals surface area (Å²) in [5.41, 5.74) is 7.38. The Morgan fingerprint density at radius 1 is 0.588 bits per heavy atom. The van der Waals surface area contributed by atoms with Crippen molar-refractivity contribution in [3.63, 3.8) is 0 Å². The summed E-state index contributed by atoms with van der Waals surface area (Å²) in [5, 5.41) is 0. The monoisotopic (exact) mass is 237 g/mol. The third kappa shape index (κ3) is 1.57. The maximum absolute atomic E-state index is 2.43. The normalized spacial score (nSPS) is 14.5. The van der Waals surface area contributed by atoms with Gasteiger partial charge in [-0.1, -0.05) is 68.2 Å². The van der Waals surface area contributed by atoms with Gasteiger partial charge >= 0.3 is 0 Å². The van der Waals surface area contributed by atoms with Crippen molar-refractivity contribution < 1.29 is 0 Å². The Morgan fingerprint density at radius 3 is 1.29 bits per heavy atom. The average Bonchev–Trinajstić information content (AvgIpc) is 2.63. The Labute approximate surface area is 104 Å². The summed E-state index contributed by atoms with van der Waals surface area (Å²) in [4.78, 5) is 0. The van der Waals surface area contributed by atoms with Crippen LogP contribution in [0.5, 0.6) is 0 Å². The Hall–Kier alpha value is -1.34. The molecule has 0 aliphatic heterocycles. The molecule has 0 nitrogen and oxygen atoms in total. The molecule has 1 aliphatic carbocycles. The van der Waals surface area contributed by atoms with E-state index < -0.39 is 8.07 Å². The second-order valence-electron chi connectivity index (χ2n) is 5.72. The van der Waals surface area contributed by atoms with Gasteiger partial charge in [-0.25, -0.2) is 0 Å². The largest absolute Gasteiger partial charge is 0.0685 e. The fraction of sp³-hybridized carbons (Fsp3) is 0.188. The highest BCUT2D eigenvalue weighted by Gasteiger charge is 2.37. The lowest BCUT2D eigenvalue weighted by molar-refractivity contribution is 1.38. The van der Waals surface area contributed by atoms with Gasteiger partial charge in [-0.05, 0) is 22.3 Å². The van der Waals surface area contributed by atoms with E-state index in [0.717, 1.165) is 0 Å². The first-order valence-electron chi connectivity index (χ1n) is 6.15. The molecule has 1 radical (unpaired) electrons. The molecule has 0 N–H and O–H groups in total. The molecular formula is C16H17Si. The number of benzene rings is 2. The van der Waals surface area contributed by atoms with Gasteiger partial charge in [-0.2, -0.15) is 0 Å². The standard InChI is InChI=1S/C16H17Si/c1-17(2,3)16-14-10-6-4-8-12(14)13-9-5-7-11-15(13)16/h4-11H,1-3H3. The molecule has 3 rings (SSSR count). The van der Waals surface area contributed by atoms with Crippen molar-refractivity contribution in [3.05, 3.63) is 65.2 Å². The summed E-state index contributed by atoms with van der Waals surface area (Å²) in [5.74, 6) is 0. The van der Waals surface area contributed by atoms with E-state index in [0.29, 0.717) is 0 Å². The van der Waals surface area contributed by atoms with Crippen LogP contribution in [0.25, 0.3) is 11.1 Å². The van der Waals surface area contributed by atoms with Crippen molar-refractivity contribution in [2.75, 3.05) is 0 Å². The van der Waals surface area contributed by atoms with Gasteiger partial charge in [0.2, 0.25) is 0 Å². The lowest BCUT2D eigenvalue weighted by Crippen LogP contribution is -2.31. The average molecular weight is 237 g/mol.